The van der Waals surface area contributed by atoms with Gasteiger partial charge in [0.15, 0.2) is 5.82 Å². The number of aryl methyl sites for hydroxylation is 1. The second-order valence-corrected chi connectivity index (χ2v) is 6.46. The molecule has 136 valence electrons. The first kappa shape index (κ1) is 17.5. The lowest BCUT2D eigenvalue weighted by molar-refractivity contribution is -0.121. The van der Waals surface area contributed by atoms with E-state index in [9.17, 15) is 4.79 Å². The largest absolute Gasteiger partial charge is 0.353 e. The lowest BCUT2D eigenvalue weighted by atomic mass is 10.2. The van der Waals surface area contributed by atoms with Crippen molar-refractivity contribution < 1.29 is 4.79 Å². The summed E-state index contributed by atoms with van der Waals surface area (Å²) in [6, 6.07) is 0. The van der Waals surface area contributed by atoms with Crippen LogP contribution in [0.25, 0.3) is 0 Å². The van der Waals surface area contributed by atoms with E-state index >= 15 is 0 Å². The fraction of sp³-hybridized carbons (Fsp3) is 0.688. The second kappa shape index (κ2) is 8.70. The SMILES string of the molecule is Cc1nccn1CCNC(=O)Cn1nnnc1CN1CCCCCC1. The summed E-state index contributed by atoms with van der Waals surface area (Å²) in [5.74, 6) is 1.61. The second-order valence-electron chi connectivity index (χ2n) is 6.46. The number of tetrazole rings is 1. The van der Waals surface area contributed by atoms with Crippen molar-refractivity contribution >= 4 is 5.91 Å². The molecule has 0 bridgehead atoms. The topological polar surface area (TPSA) is 93.8 Å². The van der Waals surface area contributed by atoms with Gasteiger partial charge in [0.2, 0.25) is 5.91 Å². The van der Waals surface area contributed by atoms with E-state index in [0.717, 1.165) is 24.7 Å². The quantitative estimate of drug-likeness (QED) is 0.778. The monoisotopic (exact) mass is 346 g/mol. The fourth-order valence-electron chi connectivity index (χ4n) is 3.10. The summed E-state index contributed by atoms with van der Waals surface area (Å²) in [6.07, 6.45) is 8.68. The van der Waals surface area contributed by atoms with Crippen LogP contribution in [-0.2, 0) is 24.4 Å². The minimum atomic E-state index is -0.0813. The zero-order valence-electron chi connectivity index (χ0n) is 14.8. The predicted octanol–water partition coefficient (Wildman–Crippen LogP) is 0.370. The molecule has 25 heavy (non-hydrogen) atoms. The molecule has 9 heteroatoms. The van der Waals surface area contributed by atoms with Gasteiger partial charge in [-0.15, -0.1) is 5.10 Å². The highest BCUT2D eigenvalue weighted by molar-refractivity contribution is 5.75. The number of carbonyl (C=O) groups excluding carboxylic acids is 1. The van der Waals surface area contributed by atoms with E-state index < -0.39 is 0 Å². The Bertz CT molecular complexity index is 671. The number of nitrogens with one attached hydrogen (secondary N) is 1. The molecule has 0 radical (unpaired) electrons. The number of hydrogen-bond acceptors (Lipinski definition) is 6. The average Bonchev–Trinajstić information content (AvgIpc) is 3.10. The van der Waals surface area contributed by atoms with Gasteiger partial charge in [0, 0.05) is 25.5 Å². The van der Waals surface area contributed by atoms with Crippen LogP contribution in [0.3, 0.4) is 0 Å². The Morgan fingerprint density at radius 1 is 1.24 bits per heavy atom. The van der Waals surface area contributed by atoms with Crippen molar-refractivity contribution in [3.8, 4) is 0 Å². The van der Waals surface area contributed by atoms with Gasteiger partial charge in [0.1, 0.15) is 12.4 Å². The van der Waals surface area contributed by atoms with E-state index in [4.69, 9.17) is 0 Å². The van der Waals surface area contributed by atoms with Crippen LogP contribution in [0.15, 0.2) is 12.4 Å². The van der Waals surface area contributed by atoms with Gasteiger partial charge in [-0.05, 0) is 43.3 Å². The lowest BCUT2D eigenvalue weighted by Crippen LogP contribution is -2.32. The third kappa shape index (κ3) is 5.09. The van der Waals surface area contributed by atoms with Gasteiger partial charge in [0.05, 0.1) is 6.54 Å². The van der Waals surface area contributed by atoms with E-state index in [1.165, 1.54) is 25.7 Å². The number of aromatic nitrogens is 6. The van der Waals surface area contributed by atoms with Crippen LogP contribution < -0.4 is 5.32 Å². The number of nitrogens with zero attached hydrogens (tertiary/aromatic N) is 7. The molecule has 1 aliphatic heterocycles. The molecule has 0 saturated carbocycles. The van der Waals surface area contributed by atoms with E-state index in [1.807, 2.05) is 17.7 Å². The zero-order chi connectivity index (χ0) is 17.5. The Balaban J connectivity index is 1.46. The Morgan fingerprint density at radius 3 is 2.76 bits per heavy atom. The summed E-state index contributed by atoms with van der Waals surface area (Å²) in [4.78, 5) is 18.7. The number of hydrogen-bond donors (Lipinski definition) is 1. The molecule has 0 aliphatic carbocycles. The summed E-state index contributed by atoms with van der Waals surface area (Å²) in [5.41, 5.74) is 0. The van der Waals surface area contributed by atoms with Crippen molar-refractivity contribution in [1.82, 2.24) is 40.0 Å². The fourth-order valence-corrected chi connectivity index (χ4v) is 3.10. The van der Waals surface area contributed by atoms with Crippen LogP contribution in [0.4, 0.5) is 0 Å². The van der Waals surface area contributed by atoms with Gasteiger partial charge in [0.25, 0.3) is 0 Å². The molecule has 3 rings (SSSR count). The van der Waals surface area contributed by atoms with Gasteiger partial charge in [-0.1, -0.05) is 12.8 Å². The maximum atomic E-state index is 12.2. The van der Waals surface area contributed by atoms with Crippen LogP contribution in [0, 0.1) is 6.92 Å². The molecule has 3 heterocycles. The molecule has 0 atom stereocenters. The highest BCUT2D eigenvalue weighted by Gasteiger charge is 2.15. The third-order valence-corrected chi connectivity index (χ3v) is 4.56. The average molecular weight is 346 g/mol. The van der Waals surface area contributed by atoms with Crippen molar-refractivity contribution in [3.63, 3.8) is 0 Å². The van der Waals surface area contributed by atoms with Gasteiger partial charge in [-0.3, -0.25) is 9.69 Å². The van der Waals surface area contributed by atoms with E-state index in [2.05, 4.69) is 30.7 Å². The van der Waals surface area contributed by atoms with Crippen molar-refractivity contribution in [1.29, 1.82) is 0 Å². The smallest absolute Gasteiger partial charge is 0.241 e. The highest BCUT2D eigenvalue weighted by Crippen LogP contribution is 2.11. The van der Waals surface area contributed by atoms with Crippen molar-refractivity contribution in [2.24, 2.45) is 0 Å². The van der Waals surface area contributed by atoms with Gasteiger partial charge >= 0.3 is 0 Å². The molecular formula is C16H26N8O. The van der Waals surface area contributed by atoms with E-state index in [0.29, 0.717) is 19.6 Å². The van der Waals surface area contributed by atoms with E-state index in [1.54, 1.807) is 10.9 Å². The third-order valence-electron chi connectivity index (χ3n) is 4.56. The Kier molecular flexibility index (Phi) is 6.10. The van der Waals surface area contributed by atoms with Crippen molar-refractivity contribution in [2.45, 2.75) is 52.2 Å². The van der Waals surface area contributed by atoms with Gasteiger partial charge in [-0.2, -0.15) is 0 Å². The predicted molar refractivity (Wildman–Crippen MR) is 91.5 cm³/mol. The van der Waals surface area contributed by atoms with Crippen molar-refractivity contribution in [3.05, 3.63) is 24.0 Å². The lowest BCUT2D eigenvalue weighted by Gasteiger charge is -2.18. The Morgan fingerprint density at radius 2 is 2.04 bits per heavy atom. The summed E-state index contributed by atoms with van der Waals surface area (Å²) >= 11 is 0. The first-order valence-electron chi connectivity index (χ1n) is 8.94. The minimum Gasteiger partial charge on any atom is -0.353 e. The molecule has 0 unspecified atom stereocenters. The van der Waals surface area contributed by atoms with Crippen molar-refractivity contribution in [2.75, 3.05) is 19.6 Å². The molecule has 1 fully saturated rings. The number of likely N-dealkylation sites (tertiary alicyclic amines) is 1. The van der Waals surface area contributed by atoms with Crippen LogP contribution in [-0.4, -0.2) is 60.2 Å². The number of imidazole rings is 1. The highest BCUT2D eigenvalue weighted by atomic mass is 16.2. The summed E-state index contributed by atoms with van der Waals surface area (Å²) in [5, 5.41) is 14.7. The first-order valence-corrected chi connectivity index (χ1v) is 8.94. The first-order chi connectivity index (χ1) is 12.2. The minimum absolute atomic E-state index is 0.0813. The summed E-state index contributed by atoms with van der Waals surface area (Å²) in [6.45, 7) is 6.20. The van der Waals surface area contributed by atoms with Crippen LogP contribution in [0.2, 0.25) is 0 Å². The van der Waals surface area contributed by atoms with Gasteiger partial charge < -0.3 is 9.88 Å². The molecule has 1 N–H and O–H groups in total. The van der Waals surface area contributed by atoms with Crippen LogP contribution >= 0.6 is 0 Å². The number of carbonyl (C=O) groups is 1. The van der Waals surface area contributed by atoms with E-state index in [-0.39, 0.29) is 12.5 Å². The molecule has 2 aromatic rings. The molecule has 0 aromatic carbocycles. The molecule has 0 spiro atoms. The van der Waals surface area contributed by atoms with Crippen LogP contribution in [0.5, 0.6) is 0 Å². The molecule has 2 aromatic heterocycles. The van der Waals surface area contributed by atoms with Crippen LogP contribution in [0.1, 0.15) is 37.3 Å². The molecule has 9 nitrogen and oxygen atoms in total. The van der Waals surface area contributed by atoms with Gasteiger partial charge in [-0.25, -0.2) is 9.67 Å². The summed E-state index contributed by atoms with van der Waals surface area (Å²) < 4.78 is 3.60. The molecule has 1 saturated heterocycles. The maximum absolute atomic E-state index is 12.2. The molecular weight excluding hydrogens is 320 g/mol. The molecule has 1 aliphatic rings. The normalized spacial score (nSPS) is 15.9. The maximum Gasteiger partial charge on any atom is 0.241 e. The summed E-state index contributed by atoms with van der Waals surface area (Å²) in [7, 11) is 0. The standard InChI is InChI=1S/C16H26N8O/c1-14-17-6-10-23(14)11-7-18-16(25)13-24-15(19-20-21-24)12-22-8-4-2-3-5-9-22/h6,10H,2-5,7-9,11-13H2,1H3,(H,18,25). The number of rotatable bonds is 7. The Labute approximate surface area is 147 Å². The Hall–Kier alpha value is -2.29. The molecule has 1 amide bonds. The zero-order valence-corrected chi connectivity index (χ0v) is 14.8. The number of amides is 1.